The molecule has 0 aromatic rings. The first-order valence-electron chi connectivity index (χ1n) is 5.01. The summed E-state index contributed by atoms with van der Waals surface area (Å²) in [5.74, 6) is 0. The molecule has 0 aromatic heterocycles. The van der Waals surface area contributed by atoms with Gasteiger partial charge in [0.15, 0.2) is 0 Å². The molecular formula is C11H16N2O2. The molecule has 4 nitrogen and oxygen atoms in total. The van der Waals surface area contributed by atoms with Crippen LogP contribution in [-0.2, 0) is 4.74 Å². The fourth-order valence-corrected chi connectivity index (χ4v) is 1.39. The van der Waals surface area contributed by atoms with Crippen LogP contribution in [0, 0.1) is 11.3 Å². The summed E-state index contributed by atoms with van der Waals surface area (Å²) in [4.78, 5) is 11.4. The Morgan fingerprint density at radius 1 is 1.67 bits per heavy atom. The molecule has 0 bridgehead atoms. The highest BCUT2D eigenvalue weighted by atomic mass is 16.6. The lowest BCUT2D eigenvalue weighted by atomic mass is 10.2. The second-order valence-corrected chi connectivity index (χ2v) is 4.60. The Morgan fingerprint density at radius 2 is 2.33 bits per heavy atom. The van der Waals surface area contributed by atoms with Crippen molar-refractivity contribution in [2.75, 3.05) is 0 Å². The van der Waals surface area contributed by atoms with Crippen molar-refractivity contribution in [3.8, 4) is 6.07 Å². The lowest BCUT2D eigenvalue weighted by Crippen LogP contribution is -2.37. The summed E-state index contributed by atoms with van der Waals surface area (Å²) in [6, 6.07) is 2.02. The summed E-state index contributed by atoms with van der Waals surface area (Å²) in [5.41, 5.74) is 0.251. The van der Waals surface area contributed by atoms with E-state index in [1.165, 1.54) is 0 Å². The number of carbonyl (C=O) groups excluding carboxylic acids is 1. The third-order valence-corrected chi connectivity index (χ3v) is 1.97. The first-order valence-corrected chi connectivity index (χ1v) is 5.01. The van der Waals surface area contributed by atoms with Gasteiger partial charge in [-0.3, -0.25) is 0 Å². The molecule has 0 spiro atoms. The normalized spacial score (nSPS) is 20.4. The fraction of sp³-hybridized carbons (Fsp3) is 0.636. The average Bonchev–Trinajstić information content (AvgIpc) is 2.48. The molecule has 1 N–H and O–H groups in total. The Morgan fingerprint density at radius 3 is 2.80 bits per heavy atom. The molecule has 1 aliphatic carbocycles. The van der Waals surface area contributed by atoms with Crippen molar-refractivity contribution >= 4 is 6.09 Å². The zero-order chi connectivity index (χ0) is 11.5. The molecule has 0 radical (unpaired) electrons. The Balaban J connectivity index is 2.41. The lowest BCUT2D eigenvalue weighted by Gasteiger charge is -2.21. The third-order valence-electron chi connectivity index (χ3n) is 1.97. The Kier molecular flexibility index (Phi) is 3.35. The van der Waals surface area contributed by atoms with Gasteiger partial charge in [-0.2, -0.15) is 5.26 Å². The molecule has 1 amide bonds. The minimum Gasteiger partial charge on any atom is -0.444 e. The maximum atomic E-state index is 11.4. The van der Waals surface area contributed by atoms with E-state index in [2.05, 4.69) is 11.4 Å². The Labute approximate surface area is 89.9 Å². The SMILES string of the molecule is CC(C)(C)OC(=O)N[C@H]1C=C(C#N)CC1. The van der Waals surface area contributed by atoms with Gasteiger partial charge in [-0.25, -0.2) is 4.79 Å². The van der Waals surface area contributed by atoms with E-state index in [0.717, 1.165) is 18.4 Å². The van der Waals surface area contributed by atoms with Crippen molar-refractivity contribution in [3.05, 3.63) is 11.6 Å². The first kappa shape index (κ1) is 11.6. The van der Waals surface area contributed by atoms with Crippen LogP contribution in [-0.4, -0.2) is 17.7 Å². The quantitative estimate of drug-likeness (QED) is 0.718. The van der Waals surface area contributed by atoms with E-state index < -0.39 is 11.7 Å². The highest BCUT2D eigenvalue weighted by Crippen LogP contribution is 2.18. The molecule has 0 saturated heterocycles. The second-order valence-electron chi connectivity index (χ2n) is 4.60. The van der Waals surface area contributed by atoms with Crippen molar-refractivity contribution in [1.29, 1.82) is 5.26 Å². The number of nitrogens with one attached hydrogen (secondary N) is 1. The topological polar surface area (TPSA) is 62.1 Å². The van der Waals surface area contributed by atoms with Gasteiger partial charge in [0, 0.05) is 5.57 Å². The van der Waals surface area contributed by atoms with Gasteiger partial charge in [0.1, 0.15) is 5.60 Å². The van der Waals surface area contributed by atoms with Crippen molar-refractivity contribution in [2.24, 2.45) is 0 Å². The van der Waals surface area contributed by atoms with Crippen LogP contribution in [0.3, 0.4) is 0 Å². The molecule has 1 aliphatic rings. The highest BCUT2D eigenvalue weighted by molar-refractivity contribution is 5.68. The van der Waals surface area contributed by atoms with E-state index in [1.54, 1.807) is 6.08 Å². The summed E-state index contributed by atoms with van der Waals surface area (Å²) in [5, 5.41) is 11.4. The minimum atomic E-state index is -0.482. The smallest absolute Gasteiger partial charge is 0.408 e. The number of hydrogen-bond acceptors (Lipinski definition) is 3. The van der Waals surface area contributed by atoms with Gasteiger partial charge in [-0.1, -0.05) is 0 Å². The molecule has 0 aliphatic heterocycles. The molecule has 1 rings (SSSR count). The molecule has 15 heavy (non-hydrogen) atoms. The molecule has 0 aromatic carbocycles. The van der Waals surface area contributed by atoms with Crippen molar-refractivity contribution in [3.63, 3.8) is 0 Å². The van der Waals surface area contributed by atoms with Gasteiger partial charge >= 0.3 is 6.09 Å². The molecule has 82 valence electrons. The summed E-state index contributed by atoms with van der Waals surface area (Å²) in [7, 11) is 0. The van der Waals surface area contributed by atoms with Crippen LogP contribution in [0.4, 0.5) is 4.79 Å². The maximum absolute atomic E-state index is 11.4. The van der Waals surface area contributed by atoms with Gasteiger partial charge in [0.25, 0.3) is 0 Å². The van der Waals surface area contributed by atoms with Crippen LogP contribution in [0.25, 0.3) is 0 Å². The molecule has 0 saturated carbocycles. The van der Waals surface area contributed by atoms with Gasteiger partial charge < -0.3 is 10.1 Å². The number of hydrogen-bond donors (Lipinski definition) is 1. The predicted molar refractivity (Wildman–Crippen MR) is 56.1 cm³/mol. The van der Waals surface area contributed by atoms with E-state index in [0.29, 0.717) is 0 Å². The zero-order valence-electron chi connectivity index (χ0n) is 9.33. The number of ether oxygens (including phenoxy) is 1. The monoisotopic (exact) mass is 208 g/mol. The predicted octanol–water partition coefficient (Wildman–Crippen LogP) is 2.12. The molecular weight excluding hydrogens is 192 g/mol. The number of nitrogens with zero attached hydrogens (tertiary/aromatic N) is 1. The number of amides is 1. The van der Waals surface area contributed by atoms with Crippen LogP contribution in [0.5, 0.6) is 0 Å². The summed E-state index contributed by atoms with van der Waals surface area (Å²) >= 11 is 0. The van der Waals surface area contributed by atoms with Crippen molar-refractivity contribution < 1.29 is 9.53 Å². The largest absolute Gasteiger partial charge is 0.444 e. The van der Waals surface area contributed by atoms with E-state index in [1.807, 2.05) is 20.8 Å². The van der Waals surface area contributed by atoms with Crippen LogP contribution < -0.4 is 5.32 Å². The number of carbonyl (C=O) groups is 1. The van der Waals surface area contributed by atoms with E-state index in [-0.39, 0.29) is 6.04 Å². The van der Waals surface area contributed by atoms with Crippen LogP contribution in [0.1, 0.15) is 33.6 Å². The van der Waals surface area contributed by atoms with Gasteiger partial charge in [-0.05, 0) is 39.7 Å². The highest BCUT2D eigenvalue weighted by Gasteiger charge is 2.21. The standard InChI is InChI=1S/C11H16N2O2/c1-11(2,3)15-10(14)13-9-5-4-8(6-9)7-12/h6,9H,4-5H2,1-3H3,(H,13,14)/t9-/m1/s1. The molecule has 0 heterocycles. The Bertz CT molecular complexity index is 320. The third kappa shape index (κ3) is 4.03. The number of allylic oxidation sites excluding steroid dienone is 1. The summed E-state index contributed by atoms with van der Waals surface area (Å²) in [6.45, 7) is 5.45. The van der Waals surface area contributed by atoms with Crippen molar-refractivity contribution in [1.82, 2.24) is 5.32 Å². The van der Waals surface area contributed by atoms with E-state index in [4.69, 9.17) is 10.00 Å². The average molecular weight is 208 g/mol. The van der Waals surface area contributed by atoms with Crippen LogP contribution in [0.15, 0.2) is 11.6 Å². The van der Waals surface area contributed by atoms with E-state index >= 15 is 0 Å². The lowest BCUT2D eigenvalue weighted by molar-refractivity contribution is 0.0514. The minimum absolute atomic E-state index is 0.0606. The van der Waals surface area contributed by atoms with Crippen LogP contribution in [0.2, 0.25) is 0 Å². The van der Waals surface area contributed by atoms with Gasteiger partial charge in [-0.15, -0.1) is 0 Å². The fourth-order valence-electron chi connectivity index (χ4n) is 1.39. The first-order chi connectivity index (χ1) is 6.90. The van der Waals surface area contributed by atoms with Crippen LogP contribution >= 0.6 is 0 Å². The van der Waals surface area contributed by atoms with Gasteiger partial charge in [0.2, 0.25) is 0 Å². The van der Waals surface area contributed by atoms with Crippen molar-refractivity contribution in [2.45, 2.75) is 45.3 Å². The second kappa shape index (κ2) is 4.35. The molecule has 1 atom stereocenters. The molecule has 0 unspecified atom stereocenters. The van der Waals surface area contributed by atoms with Gasteiger partial charge in [0.05, 0.1) is 12.1 Å². The number of nitriles is 1. The Hall–Kier alpha value is -1.50. The van der Waals surface area contributed by atoms with E-state index in [9.17, 15) is 4.79 Å². The summed E-state index contributed by atoms with van der Waals surface area (Å²) < 4.78 is 5.11. The molecule has 4 heteroatoms. The molecule has 0 fully saturated rings. The number of rotatable bonds is 1. The number of alkyl carbamates (subject to hydrolysis) is 1. The maximum Gasteiger partial charge on any atom is 0.408 e. The summed E-state index contributed by atoms with van der Waals surface area (Å²) in [6.07, 6.45) is 2.87. The zero-order valence-corrected chi connectivity index (χ0v) is 9.33.